The summed E-state index contributed by atoms with van der Waals surface area (Å²) < 4.78 is 0. The number of pyridine rings is 1. The lowest BCUT2D eigenvalue weighted by atomic mass is 9.71. The normalized spacial score (nSPS) is 32.6. The van der Waals surface area contributed by atoms with Crippen LogP contribution >= 0.6 is 0 Å². The van der Waals surface area contributed by atoms with Gasteiger partial charge in [-0.05, 0) is 23.5 Å². The molecule has 2 atom stereocenters. The molecule has 2 nitrogen and oxygen atoms in total. The molecule has 2 unspecified atom stereocenters. The molecule has 0 saturated carbocycles. The van der Waals surface area contributed by atoms with Crippen molar-refractivity contribution in [2.75, 3.05) is 6.54 Å². The van der Waals surface area contributed by atoms with Gasteiger partial charge in [-0.1, -0.05) is 19.9 Å². The Morgan fingerprint density at radius 2 is 2.54 bits per heavy atom. The monoisotopic (exact) mass is 176 g/mol. The number of nitrogens with one attached hydrogen (secondary N) is 1. The molecule has 1 aliphatic rings. The van der Waals surface area contributed by atoms with E-state index in [4.69, 9.17) is 0 Å². The van der Waals surface area contributed by atoms with Crippen molar-refractivity contribution in [2.24, 2.45) is 5.41 Å². The summed E-state index contributed by atoms with van der Waals surface area (Å²) in [5, 5.41) is 3.46. The largest absolute Gasteiger partial charge is 0.309 e. The van der Waals surface area contributed by atoms with E-state index < -0.39 is 0 Å². The third-order valence-electron chi connectivity index (χ3n) is 3.23. The van der Waals surface area contributed by atoms with E-state index in [2.05, 4.69) is 30.2 Å². The molecule has 1 aromatic heterocycles. The summed E-state index contributed by atoms with van der Waals surface area (Å²) in [4.78, 5) is 4.15. The van der Waals surface area contributed by atoms with E-state index in [-0.39, 0.29) is 0 Å². The molecule has 0 amide bonds. The molecule has 13 heavy (non-hydrogen) atoms. The molecule has 1 aromatic rings. The Kier molecular flexibility index (Phi) is 2.08. The Bertz CT molecular complexity index is 279. The van der Waals surface area contributed by atoms with E-state index in [0.29, 0.717) is 11.5 Å². The van der Waals surface area contributed by atoms with Gasteiger partial charge in [0.1, 0.15) is 0 Å². The maximum absolute atomic E-state index is 4.15. The van der Waals surface area contributed by atoms with Gasteiger partial charge in [-0.25, -0.2) is 0 Å². The van der Waals surface area contributed by atoms with Crippen LogP contribution in [-0.2, 0) is 0 Å². The van der Waals surface area contributed by atoms with Crippen LogP contribution in [0, 0.1) is 5.41 Å². The highest BCUT2D eigenvalue weighted by Gasteiger charge is 2.41. The number of rotatable bonds is 2. The Balaban J connectivity index is 2.20. The highest BCUT2D eigenvalue weighted by atomic mass is 15.0. The average Bonchev–Trinajstić information content (AvgIpc) is 2.17. The quantitative estimate of drug-likeness (QED) is 0.746. The van der Waals surface area contributed by atoms with Crippen molar-refractivity contribution in [2.45, 2.75) is 26.3 Å². The topological polar surface area (TPSA) is 24.9 Å². The maximum atomic E-state index is 4.15. The molecule has 0 spiro atoms. The predicted molar refractivity (Wildman–Crippen MR) is 53.4 cm³/mol. The van der Waals surface area contributed by atoms with Crippen molar-refractivity contribution in [3.63, 3.8) is 0 Å². The smallest absolute Gasteiger partial charge is 0.0402 e. The van der Waals surface area contributed by atoms with Crippen molar-refractivity contribution in [3.8, 4) is 0 Å². The number of aromatic nitrogens is 1. The van der Waals surface area contributed by atoms with Gasteiger partial charge in [0.2, 0.25) is 0 Å². The van der Waals surface area contributed by atoms with Gasteiger partial charge in [0.15, 0.2) is 0 Å². The molecule has 1 saturated heterocycles. The molecule has 2 heteroatoms. The maximum Gasteiger partial charge on any atom is 0.0402 e. The third kappa shape index (κ3) is 1.35. The van der Waals surface area contributed by atoms with Crippen molar-refractivity contribution >= 4 is 0 Å². The minimum absolute atomic E-state index is 0.434. The van der Waals surface area contributed by atoms with Crippen LogP contribution in [0.4, 0.5) is 0 Å². The minimum Gasteiger partial charge on any atom is -0.309 e. The predicted octanol–water partition coefficient (Wildman–Crippen LogP) is 2.14. The van der Waals surface area contributed by atoms with Crippen molar-refractivity contribution < 1.29 is 0 Å². The molecule has 2 rings (SSSR count). The van der Waals surface area contributed by atoms with Gasteiger partial charge in [-0.2, -0.15) is 0 Å². The molecule has 1 N–H and O–H groups in total. The summed E-state index contributed by atoms with van der Waals surface area (Å²) in [6, 6.07) is 4.66. The van der Waals surface area contributed by atoms with Gasteiger partial charge >= 0.3 is 0 Å². The lowest BCUT2D eigenvalue weighted by Crippen LogP contribution is -2.53. The molecule has 1 fully saturated rings. The first-order chi connectivity index (χ1) is 6.26. The van der Waals surface area contributed by atoms with Crippen LogP contribution in [0.2, 0.25) is 0 Å². The molecule has 0 radical (unpaired) electrons. The molecule has 1 aliphatic heterocycles. The Hall–Kier alpha value is -0.890. The number of hydrogen-bond donors (Lipinski definition) is 1. The summed E-state index contributed by atoms with van der Waals surface area (Å²) in [7, 11) is 0. The van der Waals surface area contributed by atoms with Gasteiger partial charge in [0.05, 0.1) is 0 Å². The first kappa shape index (κ1) is 8.70. The lowest BCUT2D eigenvalue weighted by molar-refractivity contribution is 0.0987. The zero-order valence-corrected chi connectivity index (χ0v) is 8.25. The second kappa shape index (κ2) is 3.11. The summed E-state index contributed by atoms with van der Waals surface area (Å²) in [5.41, 5.74) is 1.75. The van der Waals surface area contributed by atoms with E-state index in [0.717, 1.165) is 6.54 Å². The van der Waals surface area contributed by atoms with Crippen LogP contribution in [0.25, 0.3) is 0 Å². The van der Waals surface area contributed by atoms with Gasteiger partial charge in [-0.3, -0.25) is 4.98 Å². The van der Waals surface area contributed by atoms with Crippen molar-refractivity contribution in [1.29, 1.82) is 0 Å². The van der Waals surface area contributed by atoms with Crippen LogP contribution in [0.1, 0.15) is 31.9 Å². The summed E-state index contributed by atoms with van der Waals surface area (Å²) in [6.07, 6.45) is 5.01. The molecule has 2 heterocycles. The van der Waals surface area contributed by atoms with E-state index in [9.17, 15) is 0 Å². The zero-order valence-electron chi connectivity index (χ0n) is 8.25. The van der Waals surface area contributed by atoms with Crippen LogP contribution in [-0.4, -0.2) is 11.5 Å². The van der Waals surface area contributed by atoms with E-state index in [1.165, 1.54) is 12.0 Å². The van der Waals surface area contributed by atoms with Gasteiger partial charge < -0.3 is 5.32 Å². The lowest BCUT2D eigenvalue weighted by Gasteiger charge is -2.48. The summed E-state index contributed by atoms with van der Waals surface area (Å²) in [5.74, 6) is 0. The SMILES string of the molecule is CCC1(C)CNC1c1cccnc1. The first-order valence-electron chi connectivity index (χ1n) is 4.89. The van der Waals surface area contributed by atoms with Crippen molar-refractivity contribution in [3.05, 3.63) is 30.1 Å². The van der Waals surface area contributed by atoms with E-state index in [1.807, 2.05) is 18.5 Å². The highest BCUT2D eigenvalue weighted by Crippen LogP contribution is 2.42. The van der Waals surface area contributed by atoms with Gasteiger partial charge in [-0.15, -0.1) is 0 Å². The molecular formula is C11H16N2. The molecule has 70 valence electrons. The van der Waals surface area contributed by atoms with Crippen LogP contribution in [0.3, 0.4) is 0 Å². The zero-order chi connectivity index (χ0) is 9.31. The minimum atomic E-state index is 0.434. The van der Waals surface area contributed by atoms with Crippen molar-refractivity contribution in [1.82, 2.24) is 10.3 Å². The standard InChI is InChI=1S/C11H16N2/c1-3-11(2)8-13-10(11)9-5-4-6-12-7-9/h4-7,10,13H,3,8H2,1-2H3. The van der Waals surface area contributed by atoms with E-state index in [1.54, 1.807) is 0 Å². The Labute approximate surface area is 79.4 Å². The molecule has 0 aliphatic carbocycles. The average molecular weight is 176 g/mol. The van der Waals surface area contributed by atoms with Crippen LogP contribution in [0.5, 0.6) is 0 Å². The summed E-state index contributed by atoms with van der Waals surface area (Å²) in [6.45, 7) is 5.72. The second-order valence-corrected chi connectivity index (χ2v) is 4.11. The van der Waals surface area contributed by atoms with Gasteiger partial charge in [0.25, 0.3) is 0 Å². The third-order valence-corrected chi connectivity index (χ3v) is 3.23. The fourth-order valence-electron chi connectivity index (χ4n) is 1.95. The fraction of sp³-hybridized carbons (Fsp3) is 0.545. The second-order valence-electron chi connectivity index (χ2n) is 4.11. The molecule has 0 bridgehead atoms. The van der Waals surface area contributed by atoms with E-state index >= 15 is 0 Å². The summed E-state index contributed by atoms with van der Waals surface area (Å²) >= 11 is 0. The molecule has 0 aromatic carbocycles. The fourth-order valence-corrected chi connectivity index (χ4v) is 1.95. The number of nitrogens with zero attached hydrogens (tertiary/aromatic N) is 1. The van der Waals surface area contributed by atoms with Crippen LogP contribution < -0.4 is 5.32 Å². The first-order valence-corrected chi connectivity index (χ1v) is 4.89. The Morgan fingerprint density at radius 3 is 3.00 bits per heavy atom. The Morgan fingerprint density at radius 1 is 1.69 bits per heavy atom. The highest BCUT2D eigenvalue weighted by molar-refractivity contribution is 5.20. The molecular weight excluding hydrogens is 160 g/mol. The number of hydrogen-bond acceptors (Lipinski definition) is 2. The van der Waals surface area contributed by atoms with Crippen LogP contribution in [0.15, 0.2) is 24.5 Å². The van der Waals surface area contributed by atoms with Gasteiger partial charge in [0, 0.05) is 25.0 Å².